The molecule has 1 N–H and O–H groups in total. The Hall–Kier alpha value is -3.43. The summed E-state index contributed by atoms with van der Waals surface area (Å²) in [7, 11) is 0. The van der Waals surface area contributed by atoms with E-state index < -0.39 is 5.82 Å². The van der Waals surface area contributed by atoms with Gasteiger partial charge in [0.15, 0.2) is 5.82 Å². The van der Waals surface area contributed by atoms with Crippen molar-refractivity contribution in [3.63, 3.8) is 0 Å². The maximum atomic E-state index is 13.8. The van der Waals surface area contributed by atoms with Crippen LogP contribution in [0.4, 0.5) is 10.1 Å². The summed E-state index contributed by atoms with van der Waals surface area (Å²) >= 11 is 0. The Bertz CT molecular complexity index is 1060. The number of pyridine rings is 2. The normalized spacial score (nSPS) is 15.9. The predicted molar refractivity (Wildman–Crippen MR) is 109 cm³/mol. The van der Waals surface area contributed by atoms with Gasteiger partial charge in [-0.05, 0) is 30.3 Å². The Morgan fingerprint density at radius 3 is 2.86 bits per heavy atom. The van der Waals surface area contributed by atoms with E-state index in [0.29, 0.717) is 24.5 Å². The Balaban J connectivity index is 1.55. The van der Waals surface area contributed by atoms with Crippen molar-refractivity contribution in [2.24, 2.45) is 0 Å². The molecule has 0 bridgehead atoms. The number of ether oxygens (including phenoxy) is 1. The number of rotatable bonds is 5. The second-order valence-electron chi connectivity index (χ2n) is 6.78. The fourth-order valence-electron chi connectivity index (χ4n) is 3.54. The van der Waals surface area contributed by atoms with Crippen LogP contribution in [-0.2, 0) is 6.61 Å². The number of terminal acetylenes is 1. The van der Waals surface area contributed by atoms with E-state index in [1.807, 2.05) is 36.4 Å². The van der Waals surface area contributed by atoms with Crippen molar-refractivity contribution in [3.8, 4) is 29.5 Å². The van der Waals surface area contributed by atoms with Crippen LogP contribution >= 0.6 is 0 Å². The molecule has 0 amide bonds. The molecule has 2 aromatic heterocycles. The minimum Gasteiger partial charge on any atom is -0.470 e. The first kappa shape index (κ1) is 18.9. The van der Waals surface area contributed by atoms with E-state index in [9.17, 15) is 9.50 Å². The van der Waals surface area contributed by atoms with Crippen LogP contribution in [0.25, 0.3) is 11.3 Å². The first-order valence-electron chi connectivity index (χ1n) is 9.38. The lowest BCUT2D eigenvalue weighted by Crippen LogP contribution is -2.26. The predicted octanol–water partition coefficient (Wildman–Crippen LogP) is 3.41. The van der Waals surface area contributed by atoms with Crippen LogP contribution in [0.3, 0.4) is 0 Å². The lowest BCUT2D eigenvalue weighted by Gasteiger charge is -2.21. The molecule has 1 atom stereocenters. The van der Waals surface area contributed by atoms with Gasteiger partial charge in [0.2, 0.25) is 0 Å². The molecule has 4 rings (SSSR count). The molecule has 1 fully saturated rings. The maximum absolute atomic E-state index is 13.8. The van der Waals surface area contributed by atoms with Crippen LogP contribution in [0.15, 0.2) is 54.7 Å². The highest BCUT2D eigenvalue weighted by Crippen LogP contribution is 2.29. The molecule has 3 heterocycles. The monoisotopic (exact) mass is 389 g/mol. The van der Waals surface area contributed by atoms with E-state index in [1.54, 1.807) is 0 Å². The molecule has 1 saturated heterocycles. The summed E-state index contributed by atoms with van der Waals surface area (Å²) in [4.78, 5) is 10.7. The number of anilines is 1. The van der Waals surface area contributed by atoms with E-state index in [4.69, 9.17) is 11.2 Å². The summed E-state index contributed by atoms with van der Waals surface area (Å²) < 4.78 is 19.5. The Morgan fingerprint density at radius 1 is 1.21 bits per heavy atom. The largest absolute Gasteiger partial charge is 0.470 e. The Kier molecular flexibility index (Phi) is 5.41. The van der Waals surface area contributed by atoms with Crippen molar-refractivity contribution in [1.29, 1.82) is 0 Å². The lowest BCUT2D eigenvalue weighted by molar-refractivity contribution is 0.205. The molecule has 0 saturated carbocycles. The van der Waals surface area contributed by atoms with E-state index >= 15 is 0 Å². The van der Waals surface area contributed by atoms with Crippen LogP contribution in [0.5, 0.6) is 5.88 Å². The van der Waals surface area contributed by atoms with Gasteiger partial charge in [0.05, 0.1) is 30.2 Å². The van der Waals surface area contributed by atoms with Crippen molar-refractivity contribution in [1.82, 2.24) is 9.97 Å². The quantitative estimate of drug-likeness (QED) is 0.678. The van der Waals surface area contributed by atoms with Crippen molar-refractivity contribution in [2.45, 2.75) is 19.1 Å². The van der Waals surface area contributed by atoms with Crippen molar-refractivity contribution >= 4 is 5.69 Å². The van der Waals surface area contributed by atoms with Gasteiger partial charge in [-0.1, -0.05) is 24.1 Å². The maximum Gasteiger partial charge on any atom is 0.250 e. The summed E-state index contributed by atoms with van der Waals surface area (Å²) in [6.45, 7) is 1.08. The minimum absolute atomic E-state index is 0.0149. The minimum atomic E-state index is -0.472. The van der Waals surface area contributed by atoms with Crippen molar-refractivity contribution in [3.05, 3.63) is 71.8 Å². The lowest BCUT2D eigenvalue weighted by atomic mass is 10.0. The van der Waals surface area contributed by atoms with Crippen LogP contribution in [0.1, 0.15) is 17.7 Å². The highest BCUT2D eigenvalue weighted by molar-refractivity contribution is 5.70. The molecule has 6 heteroatoms. The smallest absolute Gasteiger partial charge is 0.250 e. The number of hydrogen-bond acceptors (Lipinski definition) is 5. The molecule has 1 aliphatic rings. The number of aromatic nitrogens is 2. The molecule has 1 aromatic carbocycles. The molecule has 29 heavy (non-hydrogen) atoms. The topological polar surface area (TPSA) is 58.5 Å². The molecule has 0 aliphatic carbocycles. The molecular weight excluding hydrogens is 369 g/mol. The van der Waals surface area contributed by atoms with E-state index in [-0.39, 0.29) is 18.6 Å². The van der Waals surface area contributed by atoms with Crippen LogP contribution < -0.4 is 9.64 Å². The number of aliphatic hydroxyl groups excluding tert-OH is 1. The van der Waals surface area contributed by atoms with Gasteiger partial charge in [-0.15, -0.1) is 6.42 Å². The fraction of sp³-hybridized carbons (Fsp3) is 0.217. The van der Waals surface area contributed by atoms with Gasteiger partial charge in [-0.25, -0.2) is 14.4 Å². The fourth-order valence-corrected chi connectivity index (χ4v) is 3.54. The standard InChI is InChI=1S/C23H20FN3O2/c1-2-16-6-3-4-7-18(16)20-9-10-22(21(15-28)26-20)27-13-11-17(14-27)29-23-19(24)8-5-12-25-23/h1,3-10,12,17,28H,11,13-15H2/t17-/m0/s1. The number of halogens is 1. The highest BCUT2D eigenvalue weighted by Gasteiger charge is 2.27. The molecular formula is C23H20FN3O2. The Labute approximate surface area is 168 Å². The van der Waals surface area contributed by atoms with Gasteiger partial charge >= 0.3 is 0 Å². The molecule has 0 radical (unpaired) electrons. The number of aliphatic hydroxyl groups is 1. The first-order chi connectivity index (χ1) is 14.2. The first-order valence-corrected chi connectivity index (χ1v) is 9.38. The van der Waals surface area contributed by atoms with Gasteiger partial charge in [-0.2, -0.15) is 0 Å². The van der Waals surface area contributed by atoms with Gasteiger partial charge in [0, 0.05) is 30.3 Å². The molecule has 3 aromatic rings. The van der Waals surface area contributed by atoms with Gasteiger partial charge < -0.3 is 14.7 Å². The summed E-state index contributed by atoms with van der Waals surface area (Å²) in [5.74, 6) is 2.21. The molecule has 5 nitrogen and oxygen atoms in total. The zero-order valence-electron chi connectivity index (χ0n) is 15.8. The van der Waals surface area contributed by atoms with Gasteiger partial charge in [0.1, 0.15) is 6.10 Å². The second kappa shape index (κ2) is 8.29. The summed E-state index contributed by atoms with van der Waals surface area (Å²) in [6.07, 6.45) is 7.64. The second-order valence-corrected chi connectivity index (χ2v) is 6.78. The Morgan fingerprint density at radius 2 is 2.07 bits per heavy atom. The molecule has 0 spiro atoms. The van der Waals surface area contributed by atoms with E-state index in [1.165, 1.54) is 18.3 Å². The third-order valence-corrected chi connectivity index (χ3v) is 4.95. The average molecular weight is 389 g/mol. The zero-order chi connectivity index (χ0) is 20.2. The number of benzene rings is 1. The van der Waals surface area contributed by atoms with Crippen LogP contribution in [0.2, 0.25) is 0 Å². The van der Waals surface area contributed by atoms with Crippen LogP contribution in [0, 0.1) is 18.2 Å². The number of hydrogen-bond donors (Lipinski definition) is 1. The highest BCUT2D eigenvalue weighted by atomic mass is 19.1. The molecule has 0 unspecified atom stereocenters. The summed E-state index contributed by atoms with van der Waals surface area (Å²) in [6, 6.07) is 14.3. The summed E-state index contributed by atoms with van der Waals surface area (Å²) in [5, 5.41) is 9.89. The average Bonchev–Trinajstić information content (AvgIpc) is 3.23. The van der Waals surface area contributed by atoms with Crippen molar-refractivity contribution in [2.75, 3.05) is 18.0 Å². The van der Waals surface area contributed by atoms with Gasteiger partial charge in [0.25, 0.3) is 5.88 Å². The van der Waals surface area contributed by atoms with E-state index in [2.05, 4.69) is 20.8 Å². The molecule has 1 aliphatic heterocycles. The SMILES string of the molecule is C#Cc1ccccc1-c1ccc(N2CC[C@H](Oc3ncccc3F)C2)c(CO)n1. The zero-order valence-corrected chi connectivity index (χ0v) is 15.8. The number of nitrogens with zero attached hydrogens (tertiary/aromatic N) is 3. The van der Waals surface area contributed by atoms with Crippen LogP contribution in [-0.4, -0.2) is 34.3 Å². The van der Waals surface area contributed by atoms with Gasteiger partial charge in [-0.3, -0.25) is 0 Å². The van der Waals surface area contributed by atoms with Crippen molar-refractivity contribution < 1.29 is 14.2 Å². The third-order valence-electron chi connectivity index (χ3n) is 4.95. The summed E-state index contributed by atoms with van der Waals surface area (Å²) in [5.41, 5.74) is 3.73. The van der Waals surface area contributed by atoms with E-state index in [0.717, 1.165) is 23.2 Å². The third kappa shape index (κ3) is 3.91. The molecule has 146 valence electrons.